The molecule has 0 aliphatic heterocycles. The molecule has 0 fully saturated rings. The van der Waals surface area contributed by atoms with Gasteiger partial charge < -0.3 is 4.90 Å². The molecule has 0 aromatic heterocycles. The van der Waals surface area contributed by atoms with Crippen molar-refractivity contribution in [2.45, 2.75) is 44.9 Å². The van der Waals surface area contributed by atoms with Crippen molar-refractivity contribution in [3.05, 3.63) is 66.2 Å². The van der Waals surface area contributed by atoms with Crippen LogP contribution < -0.4 is 4.90 Å². The first kappa shape index (κ1) is 22.8. The lowest BCUT2D eigenvalue weighted by Gasteiger charge is -2.29. The van der Waals surface area contributed by atoms with Gasteiger partial charge in [-0.2, -0.15) is 0 Å². The second-order valence-electron chi connectivity index (χ2n) is 6.90. The summed E-state index contributed by atoms with van der Waals surface area (Å²) in [5.74, 6) is 1.09. The van der Waals surface area contributed by atoms with Crippen LogP contribution in [-0.4, -0.2) is 22.0 Å². The van der Waals surface area contributed by atoms with Crippen LogP contribution in [0.4, 0.5) is 5.69 Å². The standard InChI is InChI=1S/C24H29NS3/c1-5-21-10-6-7-11-24(21)25(17-19(3)27)20(4)22-12-14-23(15-13-22)28-16-8-9-18(2)26/h6-7,10-15H,4-5,8-9,16-17H2,1-3H3. The van der Waals surface area contributed by atoms with Gasteiger partial charge in [0.15, 0.2) is 0 Å². The number of aryl methyl sites for hydroxylation is 1. The largest absolute Gasteiger partial charge is 0.336 e. The van der Waals surface area contributed by atoms with Crippen LogP contribution in [0.3, 0.4) is 0 Å². The first-order chi connectivity index (χ1) is 13.4. The number of anilines is 1. The van der Waals surface area contributed by atoms with Gasteiger partial charge >= 0.3 is 0 Å². The van der Waals surface area contributed by atoms with Gasteiger partial charge in [0.05, 0.1) is 6.54 Å². The molecule has 148 valence electrons. The van der Waals surface area contributed by atoms with E-state index in [1.807, 2.05) is 25.6 Å². The molecule has 0 saturated heterocycles. The fraction of sp³-hybridized carbons (Fsp3) is 0.333. The minimum atomic E-state index is 0.693. The summed E-state index contributed by atoms with van der Waals surface area (Å²) in [6.45, 7) is 11.3. The molecule has 0 saturated carbocycles. The summed E-state index contributed by atoms with van der Waals surface area (Å²) in [6.07, 6.45) is 3.14. The molecular weight excluding hydrogens is 398 g/mol. The van der Waals surface area contributed by atoms with Gasteiger partial charge in [0.2, 0.25) is 0 Å². The Kier molecular flexibility index (Phi) is 9.36. The van der Waals surface area contributed by atoms with Crippen LogP contribution in [0.2, 0.25) is 0 Å². The highest BCUT2D eigenvalue weighted by atomic mass is 32.2. The summed E-state index contributed by atoms with van der Waals surface area (Å²) in [5.41, 5.74) is 4.60. The third-order valence-electron chi connectivity index (χ3n) is 4.50. The second kappa shape index (κ2) is 11.5. The number of benzene rings is 2. The zero-order valence-electron chi connectivity index (χ0n) is 17.0. The number of rotatable bonds is 11. The molecular formula is C24H29NS3. The molecule has 2 rings (SSSR count). The van der Waals surface area contributed by atoms with E-state index in [4.69, 9.17) is 24.4 Å². The molecule has 1 nitrogen and oxygen atoms in total. The summed E-state index contributed by atoms with van der Waals surface area (Å²) >= 11 is 12.5. The normalized spacial score (nSPS) is 10.5. The van der Waals surface area contributed by atoms with Crippen molar-refractivity contribution < 1.29 is 0 Å². The van der Waals surface area contributed by atoms with E-state index >= 15 is 0 Å². The summed E-state index contributed by atoms with van der Waals surface area (Å²) in [5, 5.41) is 0. The molecule has 0 spiro atoms. The SMILES string of the molecule is C=C(c1ccc(SCCCC(C)=S)cc1)N(CC(C)=S)c1ccccc1CC. The van der Waals surface area contributed by atoms with Crippen LogP contribution >= 0.6 is 36.2 Å². The highest BCUT2D eigenvalue weighted by Crippen LogP contribution is 2.30. The topological polar surface area (TPSA) is 3.24 Å². The number of hydrogen-bond acceptors (Lipinski definition) is 4. The predicted molar refractivity (Wildman–Crippen MR) is 135 cm³/mol. The van der Waals surface area contributed by atoms with Gasteiger partial charge in [0, 0.05) is 21.1 Å². The molecule has 0 radical (unpaired) electrons. The average Bonchev–Trinajstić information content (AvgIpc) is 2.69. The fourth-order valence-electron chi connectivity index (χ4n) is 3.03. The van der Waals surface area contributed by atoms with E-state index < -0.39 is 0 Å². The van der Waals surface area contributed by atoms with Gasteiger partial charge in [-0.25, -0.2) is 0 Å². The van der Waals surface area contributed by atoms with Crippen molar-refractivity contribution in [1.29, 1.82) is 0 Å². The Hall–Kier alpha value is -1.49. The number of thiocarbonyl (C=S) groups is 2. The summed E-state index contributed by atoms with van der Waals surface area (Å²) in [4.78, 5) is 5.57. The number of nitrogens with zero attached hydrogens (tertiary/aromatic N) is 1. The molecule has 0 heterocycles. The molecule has 2 aromatic rings. The molecule has 0 N–H and O–H groups in total. The van der Waals surface area contributed by atoms with Gasteiger partial charge in [-0.3, -0.25) is 0 Å². The smallest absolute Gasteiger partial charge is 0.0542 e. The molecule has 4 heteroatoms. The molecule has 0 unspecified atom stereocenters. The third-order valence-corrected chi connectivity index (χ3v) is 5.93. The van der Waals surface area contributed by atoms with Crippen LogP contribution in [0.1, 0.15) is 44.7 Å². The van der Waals surface area contributed by atoms with Crippen molar-refractivity contribution in [3.63, 3.8) is 0 Å². The Balaban J connectivity index is 2.15. The summed E-state index contributed by atoms with van der Waals surface area (Å²) < 4.78 is 0. The monoisotopic (exact) mass is 427 g/mol. The second-order valence-corrected chi connectivity index (χ2v) is 9.46. The Morgan fingerprint density at radius 2 is 1.68 bits per heavy atom. The zero-order valence-corrected chi connectivity index (χ0v) is 19.5. The quantitative estimate of drug-likeness (QED) is 0.209. The van der Waals surface area contributed by atoms with Gasteiger partial charge in [0.25, 0.3) is 0 Å². The lowest BCUT2D eigenvalue weighted by Crippen LogP contribution is -2.27. The van der Waals surface area contributed by atoms with E-state index in [0.717, 1.165) is 46.0 Å². The highest BCUT2D eigenvalue weighted by Gasteiger charge is 2.15. The van der Waals surface area contributed by atoms with Gasteiger partial charge in [-0.05, 0) is 73.1 Å². The number of para-hydroxylation sites is 1. The lowest BCUT2D eigenvalue weighted by atomic mass is 10.1. The highest BCUT2D eigenvalue weighted by molar-refractivity contribution is 7.99. The first-order valence-electron chi connectivity index (χ1n) is 9.68. The van der Waals surface area contributed by atoms with Gasteiger partial charge in [0.1, 0.15) is 0 Å². The Labute approximate surface area is 185 Å². The van der Waals surface area contributed by atoms with Crippen molar-refractivity contribution in [3.8, 4) is 0 Å². The van der Waals surface area contributed by atoms with E-state index in [1.54, 1.807) is 0 Å². The number of thioether (sulfide) groups is 1. The first-order valence-corrected chi connectivity index (χ1v) is 11.5. The van der Waals surface area contributed by atoms with Crippen molar-refractivity contribution in [2.75, 3.05) is 17.2 Å². The molecule has 0 amide bonds. The summed E-state index contributed by atoms with van der Waals surface area (Å²) in [6, 6.07) is 17.2. The van der Waals surface area contributed by atoms with E-state index in [-0.39, 0.29) is 0 Å². The van der Waals surface area contributed by atoms with Gasteiger partial charge in [-0.15, -0.1) is 11.8 Å². The van der Waals surface area contributed by atoms with E-state index in [1.165, 1.54) is 16.1 Å². The maximum Gasteiger partial charge on any atom is 0.0542 e. The molecule has 0 aliphatic rings. The van der Waals surface area contributed by atoms with Crippen LogP contribution in [-0.2, 0) is 6.42 Å². The molecule has 0 aliphatic carbocycles. The predicted octanol–water partition coefficient (Wildman–Crippen LogP) is 7.38. The third kappa shape index (κ3) is 6.84. The van der Waals surface area contributed by atoms with E-state index in [9.17, 15) is 0 Å². The Bertz CT molecular complexity index is 824. The Morgan fingerprint density at radius 3 is 2.29 bits per heavy atom. The van der Waals surface area contributed by atoms with Gasteiger partial charge in [-0.1, -0.05) is 68.3 Å². The van der Waals surface area contributed by atoms with Crippen LogP contribution in [0.25, 0.3) is 5.70 Å². The molecule has 0 bridgehead atoms. The summed E-state index contributed by atoms with van der Waals surface area (Å²) in [7, 11) is 0. The van der Waals surface area contributed by atoms with E-state index in [2.05, 4.69) is 66.9 Å². The van der Waals surface area contributed by atoms with Crippen molar-refractivity contribution >= 4 is 57.3 Å². The van der Waals surface area contributed by atoms with Crippen molar-refractivity contribution in [1.82, 2.24) is 0 Å². The van der Waals surface area contributed by atoms with Crippen LogP contribution in [0.5, 0.6) is 0 Å². The maximum absolute atomic E-state index is 5.42. The van der Waals surface area contributed by atoms with E-state index in [0.29, 0.717) is 6.54 Å². The van der Waals surface area contributed by atoms with Crippen LogP contribution in [0.15, 0.2) is 60.0 Å². The Morgan fingerprint density at radius 1 is 1.00 bits per heavy atom. The molecule has 0 atom stereocenters. The minimum absolute atomic E-state index is 0.693. The van der Waals surface area contributed by atoms with Crippen LogP contribution in [0, 0.1) is 0 Å². The molecule has 2 aromatic carbocycles. The van der Waals surface area contributed by atoms with Crippen molar-refractivity contribution in [2.24, 2.45) is 0 Å². The number of hydrogen-bond donors (Lipinski definition) is 0. The fourth-order valence-corrected chi connectivity index (χ4v) is 4.16. The molecule has 28 heavy (non-hydrogen) atoms. The zero-order chi connectivity index (χ0) is 20.5. The maximum atomic E-state index is 5.42. The average molecular weight is 428 g/mol. The lowest BCUT2D eigenvalue weighted by molar-refractivity contribution is 1.01. The minimum Gasteiger partial charge on any atom is -0.336 e.